The highest BCUT2D eigenvalue weighted by Crippen LogP contribution is 2.35. The average molecular weight is 276 g/mol. The van der Waals surface area contributed by atoms with Crippen LogP contribution in [0.25, 0.3) is 0 Å². The van der Waals surface area contributed by atoms with E-state index in [-0.39, 0.29) is 0 Å². The van der Waals surface area contributed by atoms with Crippen LogP contribution in [-0.2, 0) is 11.3 Å². The van der Waals surface area contributed by atoms with Gasteiger partial charge in [0.25, 0.3) is 0 Å². The molecular weight excluding hydrogens is 252 g/mol. The highest BCUT2D eigenvalue weighted by Gasteiger charge is 2.35. The molecule has 1 aliphatic heterocycles. The Morgan fingerprint density at radius 2 is 2.05 bits per heavy atom. The molecule has 1 atom stereocenters. The van der Waals surface area contributed by atoms with Gasteiger partial charge >= 0.3 is 0 Å². The topological polar surface area (TPSA) is 51.0 Å². The van der Waals surface area contributed by atoms with Gasteiger partial charge in [-0.2, -0.15) is 5.10 Å². The summed E-state index contributed by atoms with van der Waals surface area (Å²) in [5.41, 5.74) is 0. The molecule has 0 N–H and O–H groups in total. The fourth-order valence-corrected chi connectivity index (χ4v) is 3.82. The van der Waals surface area contributed by atoms with E-state index < -0.39 is 0 Å². The Morgan fingerprint density at radius 1 is 1.20 bits per heavy atom. The molecule has 1 aromatic heterocycles. The standard InChI is InChI=1S/C15H24N4O/c20-15(8-4-9-18-12-16-11-17-18)19-10-3-7-14(19)13-5-1-2-6-13/h11-14H,1-10H2. The quantitative estimate of drug-likeness (QED) is 0.828. The number of nitrogens with zero attached hydrogens (tertiary/aromatic N) is 4. The molecule has 0 bridgehead atoms. The molecule has 1 unspecified atom stereocenters. The molecule has 110 valence electrons. The van der Waals surface area contributed by atoms with Gasteiger partial charge in [-0.05, 0) is 38.0 Å². The van der Waals surface area contributed by atoms with Gasteiger partial charge in [0.1, 0.15) is 12.7 Å². The summed E-state index contributed by atoms with van der Waals surface area (Å²) in [6.45, 7) is 1.76. The maximum Gasteiger partial charge on any atom is 0.222 e. The van der Waals surface area contributed by atoms with E-state index in [9.17, 15) is 4.79 Å². The van der Waals surface area contributed by atoms with Gasteiger partial charge in [-0.15, -0.1) is 0 Å². The Labute approximate surface area is 120 Å². The molecule has 3 rings (SSSR count). The van der Waals surface area contributed by atoms with E-state index in [1.54, 1.807) is 17.3 Å². The van der Waals surface area contributed by atoms with Gasteiger partial charge in [0, 0.05) is 25.6 Å². The zero-order valence-corrected chi connectivity index (χ0v) is 12.1. The largest absolute Gasteiger partial charge is 0.339 e. The first-order valence-corrected chi connectivity index (χ1v) is 7.96. The van der Waals surface area contributed by atoms with Crippen molar-refractivity contribution in [3.63, 3.8) is 0 Å². The monoisotopic (exact) mass is 276 g/mol. The molecule has 0 radical (unpaired) electrons. The molecule has 1 amide bonds. The zero-order valence-electron chi connectivity index (χ0n) is 12.1. The average Bonchev–Trinajstić information content (AvgIpc) is 3.19. The van der Waals surface area contributed by atoms with Gasteiger partial charge in [-0.3, -0.25) is 9.48 Å². The van der Waals surface area contributed by atoms with Crippen molar-refractivity contribution < 1.29 is 4.79 Å². The van der Waals surface area contributed by atoms with Crippen molar-refractivity contribution in [2.75, 3.05) is 6.54 Å². The van der Waals surface area contributed by atoms with Crippen LogP contribution in [0.15, 0.2) is 12.7 Å². The Bertz CT molecular complexity index is 425. The SMILES string of the molecule is O=C(CCCn1cncn1)N1CCCC1C1CCCC1. The summed E-state index contributed by atoms with van der Waals surface area (Å²) in [6, 6.07) is 0.538. The molecule has 5 heteroatoms. The van der Waals surface area contributed by atoms with Crippen molar-refractivity contribution in [1.82, 2.24) is 19.7 Å². The molecule has 5 nitrogen and oxygen atoms in total. The Morgan fingerprint density at radius 3 is 2.80 bits per heavy atom. The maximum atomic E-state index is 12.4. The van der Waals surface area contributed by atoms with Crippen LogP contribution in [0, 0.1) is 5.92 Å². The lowest BCUT2D eigenvalue weighted by atomic mass is 9.96. The first-order chi connectivity index (χ1) is 9.84. The smallest absolute Gasteiger partial charge is 0.222 e. The van der Waals surface area contributed by atoms with Crippen molar-refractivity contribution in [1.29, 1.82) is 0 Å². The van der Waals surface area contributed by atoms with E-state index in [0.717, 1.165) is 25.4 Å². The van der Waals surface area contributed by atoms with E-state index >= 15 is 0 Å². The zero-order chi connectivity index (χ0) is 13.8. The third-order valence-corrected chi connectivity index (χ3v) is 4.81. The maximum absolute atomic E-state index is 12.4. The van der Waals surface area contributed by atoms with Crippen molar-refractivity contribution in [3.05, 3.63) is 12.7 Å². The van der Waals surface area contributed by atoms with Gasteiger partial charge in [0.15, 0.2) is 0 Å². The highest BCUT2D eigenvalue weighted by molar-refractivity contribution is 5.76. The molecule has 1 saturated heterocycles. The third kappa shape index (κ3) is 3.02. The molecule has 0 spiro atoms. The van der Waals surface area contributed by atoms with Crippen LogP contribution in [0.5, 0.6) is 0 Å². The van der Waals surface area contributed by atoms with E-state index in [0.29, 0.717) is 18.4 Å². The summed E-state index contributed by atoms with van der Waals surface area (Å²) in [7, 11) is 0. The number of likely N-dealkylation sites (tertiary alicyclic amines) is 1. The number of hydrogen-bond acceptors (Lipinski definition) is 3. The van der Waals surface area contributed by atoms with Crippen molar-refractivity contribution in [2.45, 2.75) is 64.0 Å². The fraction of sp³-hybridized carbons (Fsp3) is 0.800. The van der Waals surface area contributed by atoms with Crippen LogP contribution in [0.4, 0.5) is 0 Å². The summed E-state index contributed by atoms with van der Waals surface area (Å²) < 4.78 is 1.80. The van der Waals surface area contributed by atoms with Gasteiger partial charge in [-0.25, -0.2) is 4.98 Å². The second-order valence-electron chi connectivity index (χ2n) is 6.10. The van der Waals surface area contributed by atoms with Gasteiger partial charge < -0.3 is 4.90 Å². The molecule has 2 aliphatic rings. The molecule has 1 aliphatic carbocycles. The predicted molar refractivity (Wildman–Crippen MR) is 75.9 cm³/mol. The number of aromatic nitrogens is 3. The fourth-order valence-electron chi connectivity index (χ4n) is 3.82. The lowest BCUT2D eigenvalue weighted by molar-refractivity contribution is -0.133. The molecule has 0 aromatic carbocycles. The molecule has 20 heavy (non-hydrogen) atoms. The molecule has 1 aromatic rings. The minimum absolute atomic E-state index is 0.347. The Kier molecular flexibility index (Phi) is 4.33. The number of rotatable bonds is 5. The van der Waals surface area contributed by atoms with Gasteiger partial charge in [-0.1, -0.05) is 12.8 Å². The molecule has 1 saturated carbocycles. The number of aryl methyl sites for hydroxylation is 1. The predicted octanol–water partition coefficient (Wildman–Crippen LogP) is 2.24. The van der Waals surface area contributed by atoms with E-state index in [1.807, 2.05) is 0 Å². The first kappa shape index (κ1) is 13.6. The second-order valence-corrected chi connectivity index (χ2v) is 6.10. The Hall–Kier alpha value is -1.39. The van der Waals surface area contributed by atoms with Gasteiger partial charge in [0.2, 0.25) is 5.91 Å². The van der Waals surface area contributed by atoms with Crippen LogP contribution >= 0.6 is 0 Å². The summed E-state index contributed by atoms with van der Waals surface area (Å²) >= 11 is 0. The normalized spacial score (nSPS) is 23.6. The van der Waals surface area contributed by atoms with E-state index in [2.05, 4.69) is 15.0 Å². The van der Waals surface area contributed by atoms with Crippen LogP contribution in [0.3, 0.4) is 0 Å². The van der Waals surface area contributed by atoms with Crippen LogP contribution in [0.1, 0.15) is 51.4 Å². The minimum atomic E-state index is 0.347. The number of hydrogen-bond donors (Lipinski definition) is 0. The van der Waals surface area contributed by atoms with Crippen molar-refractivity contribution in [3.8, 4) is 0 Å². The van der Waals surface area contributed by atoms with E-state index in [4.69, 9.17) is 0 Å². The van der Waals surface area contributed by atoms with Gasteiger partial charge in [0.05, 0.1) is 0 Å². The molecule has 2 fully saturated rings. The van der Waals surface area contributed by atoms with Crippen molar-refractivity contribution >= 4 is 5.91 Å². The lowest BCUT2D eigenvalue weighted by Gasteiger charge is -2.29. The molecule has 2 heterocycles. The Balaban J connectivity index is 1.48. The highest BCUT2D eigenvalue weighted by atomic mass is 16.2. The van der Waals surface area contributed by atoms with Crippen LogP contribution < -0.4 is 0 Å². The summed E-state index contributed by atoms with van der Waals surface area (Å²) in [4.78, 5) is 18.5. The summed E-state index contributed by atoms with van der Waals surface area (Å²) in [5, 5.41) is 4.07. The minimum Gasteiger partial charge on any atom is -0.339 e. The van der Waals surface area contributed by atoms with E-state index in [1.165, 1.54) is 38.5 Å². The number of carbonyl (C=O) groups is 1. The lowest BCUT2D eigenvalue weighted by Crippen LogP contribution is -2.39. The van der Waals surface area contributed by atoms with Crippen molar-refractivity contribution in [2.24, 2.45) is 5.92 Å². The van der Waals surface area contributed by atoms with Crippen LogP contribution in [-0.4, -0.2) is 38.2 Å². The number of amides is 1. The third-order valence-electron chi connectivity index (χ3n) is 4.81. The van der Waals surface area contributed by atoms with Crippen LogP contribution in [0.2, 0.25) is 0 Å². The number of carbonyl (C=O) groups excluding carboxylic acids is 1. The summed E-state index contributed by atoms with van der Waals surface area (Å²) in [6.07, 6.45) is 12.5. The molecular formula is C15H24N4O. The second kappa shape index (κ2) is 6.37. The summed E-state index contributed by atoms with van der Waals surface area (Å²) in [5.74, 6) is 1.12. The first-order valence-electron chi connectivity index (χ1n) is 7.96.